The van der Waals surface area contributed by atoms with Crippen LogP contribution in [0.25, 0.3) is 11.1 Å². The minimum absolute atomic E-state index is 0.0142. The van der Waals surface area contributed by atoms with Gasteiger partial charge in [0.25, 0.3) is 5.69 Å². The molecule has 18 heavy (non-hydrogen) atoms. The van der Waals surface area contributed by atoms with Crippen LogP contribution in [0, 0.1) is 10.1 Å². The van der Waals surface area contributed by atoms with Crippen LogP contribution in [0.5, 0.6) is 0 Å². The molecule has 0 fully saturated rings. The van der Waals surface area contributed by atoms with Gasteiger partial charge >= 0.3 is 0 Å². The number of hydrogen-bond acceptors (Lipinski definition) is 4. The fourth-order valence-electron chi connectivity index (χ4n) is 1.63. The second-order valence-corrected chi connectivity index (χ2v) is 4.46. The first-order chi connectivity index (χ1) is 8.58. The van der Waals surface area contributed by atoms with Gasteiger partial charge in [0.15, 0.2) is 0 Å². The van der Waals surface area contributed by atoms with Gasteiger partial charge < -0.3 is 5.32 Å². The van der Waals surface area contributed by atoms with Crippen LogP contribution in [-0.4, -0.2) is 10.8 Å². The molecule has 1 N–H and O–H groups in total. The van der Waals surface area contributed by atoms with E-state index in [4.69, 9.17) is 0 Å². The summed E-state index contributed by atoms with van der Waals surface area (Å²) in [6.07, 6.45) is 0. The van der Waals surface area contributed by atoms with Crippen molar-refractivity contribution in [1.82, 2.24) is 0 Å². The molecule has 0 bridgehead atoms. The lowest BCUT2D eigenvalue weighted by Crippen LogP contribution is -2.06. The zero-order valence-corrected chi connectivity index (χ0v) is 10.4. The molecule has 1 aromatic heterocycles. The Labute approximate surface area is 107 Å². The number of nitro groups is 1. The van der Waals surface area contributed by atoms with Crippen LogP contribution in [0.1, 0.15) is 6.92 Å². The standard InChI is InChI=1S/C12H10N2O3S/c1-8(15)13-10-2-3-11(9-4-5-18-7-9)12(6-10)14(16)17/h2-7H,1H3,(H,13,15). The molecule has 2 aromatic rings. The Hall–Kier alpha value is -2.21. The molecule has 2 rings (SSSR count). The molecular formula is C12H10N2O3S. The molecule has 0 spiro atoms. The van der Waals surface area contributed by atoms with E-state index in [0.717, 1.165) is 5.56 Å². The summed E-state index contributed by atoms with van der Waals surface area (Å²) in [5, 5.41) is 17.3. The summed E-state index contributed by atoms with van der Waals surface area (Å²) < 4.78 is 0. The number of carbonyl (C=O) groups is 1. The molecule has 0 atom stereocenters. The Balaban J connectivity index is 2.48. The van der Waals surface area contributed by atoms with Crippen LogP contribution in [0.3, 0.4) is 0 Å². The van der Waals surface area contributed by atoms with Crippen molar-refractivity contribution in [2.75, 3.05) is 5.32 Å². The molecule has 0 aliphatic heterocycles. The van der Waals surface area contributed by atoms with Gasteiger partial charge in [-0.3, -0.25) is 14.9 Å². The summed E-state index contributed by atoms with van der Waals surface area (Å²) >= 11 is 1.48. The van der Waals surface area contributed by atoms with Gasteiger partial charge in [-0.25, -0.2) is 0 Å². The number of thiophene rings is 1. The molecule has 0 radical (unpaired) electrons. The van der Waals surface area contributed by atoms with Gasteiger partial charge in [-0.15, -0.1) is 0 Å². The maximum atomic E-state index is 11.1. The average Bonchev–Trinajstić information content (AvgIpc) is 2.81. The molecule has 0 aliphatic carbocycles. The van der Waals surface area contributed by atoms with Crippen molar-refractivity contribution in [3.63, 3.8) is 0 Å². The lowest BCUT2D eigenvalue weighted by atomic mass is 10.1. The predicted molar refractivity (Wildman–Crippen MR) is 70.7 cm³/mol. The van der Waals surface area contributed by atoms with Gasteiger partial charge in [0, 0.05) is 18.7 Å². The van der Waals surface area contributed by atoms with E-state index in [1.54, 1.807) is 12.1 Å². The highest BCUT2D eigenvalue weighted by Crippen LogP contribution is 2.33. The highest BCUT2D eigenvalue weighted by Gasteiger charge is 2.16. The maximum absolute atomic E-state index is 11.1. The van der Waals surface area contributed by atoms with Crippen molar-refractivity contribution in [3.05, 3.63) is 45.1 Å². The van der Waals surface area contributed by atoms with E-state index >= 15 is 0 Å². The van der Waals surface area contributed by atoms with E-state index in [1.807, 2.05) is 16.8 Å². The summed E-state index contributed by atoms with van der Waals surface area (Å²) in [4.78, 5) is 21.5. The third-order valence-corrected chi connectivity index (χ3v) is 3.03. The molecule has 5 nitrogen and oxygen atoms in total. The molecule has 0 unspecified atom stereocenters. The first-order valence-corrected chi connectivity index (χ1v) is 6.11. The van der Waals surface area contributed by atoms with Crippen molar-refractivity contribution in [3.8, 4) is 11.1 Å². The van der Waals surface area contributed by atoms with Gasteiger partial charge in [0.2, 0.25) is 5.91 Å². The minimum atomic E-state index is -0.446. The molecule has 1 aromatic carbocycles. The number of amides is 1. The van der Waals surface area contributed by atoms with Crippen LogP contribution >= 0.6 is 11.3 Å². The number of rotatable bonds is 3. The number of hydrogen-bond donors (Lipinski definition) is 1. The van der Waals surface area contributed by atoms with E-state index in [-0.39, 0.29) is 11.6 Å². The largest absolute Gasteiger partial charge is 0.326 e. The topological polar surface area (TPSA) is 72.2 Å². The lowest BCUT2D eigenvalue weighted by molar-refractivity contribution is -0.384. The van der Waals surface area contributed by atoms with E-state index in [9.17, 15) is 14.9 Å². The molecule has 0 saturated heterocycles. The number of anilines is 1. The van der Waals surface area contributed by atoms with Crippen LogP contribution in [0.15, 0.2) is 35.0 Å². The molecular weight excluding hydrogens is 252 g/mol. The van der Waals surface area contributed by atoms with Crippen molar-refractivity contribution in [2.45, 2.75) is 6.92 Å². The number of nitro benzene ring substituents is 1. The van der Waals surface area contributed by atoms with Crippen LogP contribution in [-0.2, 0) is 4.79 Å². The Morgan fingerprint density at radius 1 is 1.39 bits per heavy atom. The number of nitrogens with one attached hydrogen (secondary N) is 1. The Bertz CT molecular complexity index is 593. The molecule has 92 valence electrons. The first-order valence-electron chi connectivity index (χ1n) is 5.16. The minimum Gasteiger partial charge on any atom is -0.326 e. The SMILES string of the molecule is CC(=O)Nc1ccc(-c2ccsc2)c([N+](=O)[O-])c1. The molecule has 1 heterocycles. The summed E-state index contributed by atoms with van der Waals surface area (Å²) in [6.45, 7) is 1.36. The van der Waals surface area contributed by atoms with E-state index in [2.05, 4.69) is 5.32 Å². The summed E-state index contributed by atoms with van der Waals surface area (Å²) in [6, 6.07) is 6.49. The summed E-state index contributed by atoms with van der Waals surface area (Å²) in [5.41, 5.74) is 1.77. The molecule has 6 heteroatoms. The smallest absolute Gasteiger partial charge is 0.279 e. The Morgan fingerprint density at radius 2 is 2.17 bits per heavy atom. The Morgan fingerprint density at radius 3 is 2.72 bits per heavy atom. The fraction of sp³-hybridized carbons (Fsp3) is 0.0833. The number of benzene rings is 1. The van der Waals surface area contributed by atoms with Crippen molar-refractivity contribution in [1.29, 1.82) is 0 Å². The highest BCUT2D eigenvalue weighted by atomic mass is 32.1. The van der Waals surface area contributed by atoms with Crippen molar-refractivity contribution < 1.29 is 9.72 Å². The van der Waals surface area contributed by atoms with E-state index < -0.39 is 4.92 Å². The second-order valence-electron chi connectivity index (χ2n) is 3.68. The third kappa shape index (κ3) is 2.54. The Kier molecular flexibility index (Phi) is 3.38. The van der Waals surface area contributed by atoms with Gasteiger partial charge in [0.1, 0.15) is 0 Å². The maximum Gasteiger partial charge on any atom is 0.279 e. The van der Waals surface area contributed by atoms with Gasteiger partial charge in [-0.05, 0) is 34.5 Å². The van der Waals surface area contributed by atoms with Gasteiger partial charge in [-0.2, -0.15) is 11.3 Å². The van der Waals surface area contributed by atoms with Crippen LogP contribution in [0.4, 0.5) is 11.4 Å². The van der Waals surface area contributed by atoms with Crippen LogP contribution in [0.2, 0.25) is 0 Å². The third-order valence-electron chi connectivity index (χ3n) is 2.35. The van der Waals surface area contributed by atoms with E-state index in [0.29, 0.717) is 11.3 Å². The van der Waals surface area contributed by atoms with Gasteiger partial charge in [0.05, 0.1) is 10.5 Å². The lowest BCUT2D eigenvalue weighted by Gasteiger charge is -2.05. The summed E-state index contributed by atoms with van der Waals surface area (Å²) in [5.74, 6) is -0.257. The summed E-state index contributed by atoms with van der Waals surface area (Å²) in [7, 11) is 0. The molecule has 1 amide bonds. The van der Waals surface area contributed by atoms with E-state index in [1.165, 1.54) is 24.3 Å². The quantitative estimate of drug-likeness (QED) is 0.681. The first kappa shape index (κ1) is 12.3. The zero-order chi connectivity index (χ0) is 13.1. The van der Waals surface area contributed by atoms with Crippen LogP contribution < -0.4 is 5.32 Å². The highest BCUT2D eigenvalue weighted by molar-refractivity contribution is 7.08. The number of nitrogens with zero attached hydrogens (tertiary/aromatic N) is 1. The second kappa shape index (κ2) is 4.97. The zero-order valence-electron chi connectivity index (χ0n) is 9.54. The van der Waals surface area contributed by atoms with Crippen molar-refractivity contribution in [2.24, 2.45) is 0 Å². The molecule has 0 aliphatic rings. The predicted octanol–water partition coefficient (Wildman–Crippen LogP) is 3.28. The normalized spacial score (nSPS) is 10.1. The number of carbonyl (C=O) groups excluding carboxylic acids is 1. The fourth-order valence-corrected chi connectivity index (χ4v) is 2.28. The molecule has 0 saturated carbocycles. The van der Waals surface area contributed by atoms with Crippen molar-refractivity contribution >= 4 is 28.6 Å². The average molecular weight is 262 g/mol. The van der Waals surface area contributed by atoms with Gasteiger partial charge in [-0.1, -0.05) is 0 Å². The monoisotopic (exact) mass is 262 g/mol.